The van der Waals surface area contributed by atoms with Gasteiger partial charge in [-0.2, -0.15) is 4.98 Å². The molecule has 0 aliphatic heterocycles. The van der Waals surface area contributed by atoms with Crippen LogP contribution in [-0.2, 0) is 4.79 Å². The summed E-state index contributed by atoms with van der Waals surface area (Å²) in [4.78, 5) is 19.8. The van der Waals surface area contributed by atoms with E-state index in [1.807, 2.05) is 12.1 Å². The van der Waals surface area contributed by atoms with Crippen molar-refractivity contribution in [2.75, 3.05) is 0 Å². The maximum atomic E-state index is 11.7. The summed E-state index contributed by atoms with van der Waals surface area (Å²) in [7, 11) is 0. The molecule has 0 aromatic carbocycles. The van der Waals surface area contributed by atoms with Crippen LogP contribution in [0, 0.1) is 5.41 Å². The molecule has 0 spiro atoms. The van der Waals surface area contributed by atoms with Gasteiger partial charge in [0.25, 0.3) is 0 Å². The van der Waals surface area contributed by atoms with Crippen LogP contribution in [0.4, 0.5) is 0 Å². The van der Waals surface area contributed by atoms with Crippen LogP contribution in [0.15, 0.2) is 24.5 Å². The van der Waals surface area contributed by atoms with E-state index in [1.165, 1.54) is 11.5 Å². The third kappa shape index (κ3) is 2.89. The fourth-order valence-electron chi connectivity index (χ4n) is 1.10. The van der Waals surface area contributed by atoms with Crippen molar-refractivity contribution in [1.82, 2.24) is 14.3 Å². The van der Waals surface area contributed by atoms with Crippen LogP contribution in [0.2, 0.25) is 0 Å². The number of hydrogen-bond acceptors (Lipinski definition) is 6. The van der Waals surface area contributed by atoms with E-state index in [9.17, 15) is 4.79 Å². The molecule has 2 aromatic rings. The molecule has 18 heavy (non-hydrogen) atoms. The molecule has 0 N–H and O–H groups in total. The fraction of sp³-hybridized carbons (Fsp3) is 0.333. The number of ether oxygens (including phenoxy) is 1. The number of nitrogens with zero attached hydrogens (tertiary/aromatic N) is 3. The summed E-state index contributed by atoms with van der Waals surface area (Å²) in [6, 6.07) is 3.76. The number of aromatic nitrogens is 3. The van der Waals surface area contributed by atoms with Crippen molar-refractivity contribution in [2.24, 2.45) is 5.41 Å². The third-order valence-corrected chi connectivity index (χ3v) is 2.88. The Balaban J connectivity index is 2.15. The van der Waals surface area contributed by atoms with Gasteiger partial charge in [0.05, 0.1) is 5.41 Å². The smallest absolute Gasteiger partial charge is 0.336 e. The molecule has 2 rings (SSSR count). The van der Waals surface area contributed by atoms with Crippen LogP contribution in [0.5, 0.6) is 6.01 Å². The molecule has 0 aliphatic rings. The average Bonchev–Trinajstić information content (AvgIpc) is 2.77. The minimum absolute atomic E-state index is 0.103. The molecule has 2 heterocycles. The Hall–Kier alpha value is -1.82. The Bertz CT molecular complexity index is 546. The van der Waals surface area contributed by atoms with E-state index >= 15 is 0 Å². The van der Waals surface area contributed by atoms with Gasteiger partial charge in [-0.1, -0.05) is 0 Å². The molecule has 0 radical (unpaired) electrons. The summed E-state index contributed by atoms with van der Waals surface area (Å²) in [6.45, 7) is 5.35. The SMILES string of the molecule is CC(C)(C)C(=O)Oc1nsc(-c2ccncc2)n1. The number of carbonyl (C=O) groups excluding carboxylic acids is 1. The molecule has 0 atom stereocenters. The normalized spacial score (nSPS) is 11.3. The summed E-state index contributed by atoms with van der Waals surface area (Å²) < 4.78 is 9.13. The lowest BCUT2D eigenvalue weighted by Crippen LogP contribution is -2.25. The molecule has 6 heteroatoms. The minimum Gasteiger partial charge on any atom is -0.390 e. The molecule has 0 saturated carbocycles. The highest BCUT2D eigenvalue weighted by molar-refractivity contribution is 7.09. The van der Waals surface area contributed by atoms with Gasteiger partial charge in [-0.25, -0.2) is 0 Å². The van der Waals surface area contributed by atoms with Gasteiger partial charge in [0.2, 0.25) is 0 Å². The Morgan fingerprint density at radius 1 is 1.28 bits per heavy atom. The van der Waals surface area contributed by atoms with Crippen molar-refractivity contribution >= 4 is 17.5 Å². The van der Waals surface area contributed by atoms with Crippen LogP contribution in [0.3, 0.4) is 0 Å². The molecule has 0 aliphatic carbocycles. The standard InChI is InChI=1S/C12H13N3O2S/c1-12(2,3)10(16)17-11-14-9(18-15-11)8-4-6-13-7-5-8/h4-7H,1-3H3. The molecule has 2 aromatic heterocycles. The maximum absolute atomic E-state index is 11.7. The first-order valence-corrected chi connectivity index (χ1v) is 6.20. The highest BCUT2D eigenvalue weighted by Gasteiger charge is 2.25. The Morgan fingerprint density at radius 2 is 1.94 bits per heavy atom. The molecule has 0 fully saturated rings. The van der Waals surface area contributed by atoms with Crippen molar-refractivity contribution in [3.63, 3.8) is 0 Å². The zero-order valence-electron chi connectivity index (χ0n) is 10.4. The number of carbonyl (C=O) groups is 1. The average molecular weight is 263 g/mol. The number of esters is 1. The molecule has 94 valence electrons. The van der Waals surface area contributed by atoms with E-state index in [-0.39, 0.29) is 12.0 Å². The van der Waals surface area contributed by atoms with E-state index in [4.69, 9.17) is 4.74 Å². The van der Waals surface area contributed by atoms with E-state index in [1.54, 1.807) is 33.2 Å². The first-order valence-electron chi connectivity index (χ1n) is 5.43. The summed E-state index contributed by atoms with van der Waals surface area (Å²) in [5.74, 6) is -0.346. The van der Waals surface area contributed by atoms with Gasteiger partial charge in [0.1, 0.15) is 5.01 Å². The van der Waals surface area contributed by atoms with Gasteiger partial charge in [-0.3, -0.25) is 9.78 Å². The van der Waals surface area contributed by atoms with Crippen LogP contribution >= 0.6 is 11.5 Å². The third-order valence-electron chi connectivity index (χ3n) is 2.13. The van der Waals surface area contributed by atoms with Crippen molar-refractivity contribution < 1.29 is 9.53 Å². The predicted octanol–water partition coefficient (Wildman–Crippen LogP) is 2.55. The summed E-state index contributed by atoms with van der Waals surface area (Å²) in [6.07, 6.45) is 3.36. The second-order valence-corrected chi connectivity index (χ2v) is 5.51. The lowest BCUT2D eigenvalue weighted by Gasteiger charge is -2.13. The van der Waals surface area contributed by atoms with Gasteiger partial charge < -0.3 is 4.74 Å². The number of hydrogen-bond donors (Lipinski definition) is 0. The van der Waals surface area contributed by atoms with Crippen molar-refractivity contribution in [3.8, 4) is 16.6 Å². The number of rotatable bonds is 2. The van der Waals surface area contributed by atoms with Crippen LogP contribution in [0.25, 0.3) is 10.6 Å². The van der Waals surface area contributed by atoms with Gasteiger partial charge in [-0.15, -0.1) is 4.37 Å². The van der Waals surface area contributed by atoms with E-state index in [2.05, 4.69) is 14.3 Å². The first kappa shape index (κ1) is 12.6. The van der Waals surface area contributed by atoms with Gasteiger partial charge in [-0.05, 0) is 44.4 Å². The van der Waals surface area contributed by atoms with Gasteiger partial charge in [0.15, 0.2) is 0 Å². The monoisotopic (exact) mass is 263 g/mol. The van der Waals surface area contributed by atoms with Crippen LogP contribution in [0.1, 0.15) is 20.8 Å². The minimum atomic E-state index is -0.567. The predicted molar refractivity (Wildman–Crippen MR) is 68.2 cm³/mol. The van der Waals surface area contributed by atoms with Crippen molar-refractivity contribution in [2.45, 2.75) is 20.8 Å². The zero-order chi connectivity index (χ0) is 13.2. The molecule has 0 bridgehead atoms. The second kappa shape index (κ2) is 4.81. The Morgan fingerprint density at radius 3 is 2.56 bits per heavy atom. The highest BCUT2D eigenvalue weighted by Crippen LogP contribution is 2.24. The van der Waals surface area contributed by atoms with Crippen molar-refractivity contribution in [3.05, 3.63) is 24.5 Å². The summed E-state index contributed by atoms with van der Waals surface area (Å²) >= 11 is 1.19. The molecule has 0 amide bonds. The second-order valence-electron chi connectivity index (χ2n) is 4.76. The largest absolute Gasteiger partial charge is 0.390 e. The van der Waals surface area contributed by atoms with Gasteiger partial charge >= 0.3 is 12.0 Å². The highest BCUT2D eigenvalue weighted by atomic mass is 32.1. The molecular weight excluding hydrogens is 250 g/mol. The topological polar surface area (TPSA) is 65.0 Å². The van der Waals surface area contributed by atoms with Crippen molar-refractivity contribution in [1.29, 1.82) is 0 Å². The lowest BCUT2D eigenvalue weighted by atomic mass is 9.98. The van der Waals surface area contributed by atoms with E-state index in [0.29, 0.717) is 5.01 Å². The zero-order valence-corrected chi connectivity index (χ0v) is 11.2. The van der Waals surface area contributed by atoms with Gasteiger partial charge in [0, 0.05) is 18.0 Å². The molecular formula is C12H13N3O2S. The van der Waals surface area contributed by atoms with Crippen LogP contribution in [-0.4, -0.2) is 20.3 Å². The van der Waals surface area contributed by atoms with E-state index < -0.39 is 5.41 Å². The molecule has 0 saturated heterocycles. The quantitative estimate of drug-likeness (QED) is 0.779. The maximum Gasteiger partial charge on any atom is 0.336 e. The summed E-state index contributed by atoms with van der Waals surface area (Å²) in [5.41, 5.74) is 0.336. The Labute approximate surface area is 109 Å². The van der Waals surface area contributed by atoms with Crippen LogP contribution < -0.4 is 4.74 Å². The number of pyridine rings is 1. The first-order chi connectivity index (χ1) is 8.47. The molecule has 0 unspecified atom stereocenters. The Kier molecular flexibility index (Phi) is 3.38. The lowest BCUT2D eigenvalue weighted by molar-refractivity contribution is -0.143. The van der Waals surface area contributed by atoms with E-state index in [0.717, 1.165) is 5.56 Å². The summed E-state index contributed by atoms with van der Waals surface area (Å²) in [5, 5.41) is 0.703. The fourth-order valence-corrected chi connectivity index (χ4v) is 1.70. The molecule has 5 nitrogen and oxygen atoms in total.